The Labute approximate surface area is 102 Å². The average Bonchev–Trinajstić information content (AvgIpc) is 2.41. The van der Waals surface area contributed by atoms with Crippen LogP contribution in [-0.2, 0) is 14.3 Å². The largest absolute Gasteiger partial charge is 0.490 e. The van der Waals surface area contributed by atoms with Gasteiger partial charge in [0.05, 0.1) is 19.3 Å². The third-order valence-corrected chi connectivity index (χ3v) is 3.18. The van der Waals surface area contributed by atoms with E-state index in [9.17, 15) is 4.79 Å². The molecule has 0 aromatic carbocycles. The number of nitrogens with one attached hydrogen (secondary N) is 1. The Balaban J connectivity index is 1.63. The first-order chi connectivity index (χ1) is 8.36. The molecule has 2 aliphatic rings. The van der Waals surface area contributed by atoms with Crippen LogP contribution in [0.3, 0.4) is 0 Å². The van der Waals surface area contributed by atoms with Crippen molar-refractivity contribution in [1.82, 2.24) is 5.32 Å². The minimum Gasteiger partial charge on any atom is -0.490 e. The maximum absolute atomic E-state index is 11.8. The summed E-state index contributed by atoms with van der Waals surface area (Å²) in [6, 6.07) is 0. The summed E-state index contributed by atoms with van der Waals surface area (Å²) in [7, 11) is 0. The van der Waals surface area contributed by atoms with Gasteiger partial charge in [-0.3, -0.25) is 4.79 Å². The maximum Gasteiger partial charge on any atom is 0.199 e. The van der Waals surface area contributed by atoms with Crippen molar-refractivity contribution in [3.8, 4) is 0 Å². The molecule has 2 rings (SSSR count). The smallest absolute Gasteiger partial charge is 0.199 e. The molecule has 0 aliphatic carbocycles. The van der Waals surface area contributed by atoms with E-state index in [1.165, 1.54) is 0 Å². The predicted octanol–water partition coefficient (Wildman–Crippen LogP) is 1.41. The highest BCUT2D eigenvalue weighted by Gasteiger charge is 2.16. The first-order valence-electron chi connectivity index (χ1n) is 6.55. The molecular formula is C13H21NO3. The molecule has 0 unspecified atom stereocenters. The molecule has 0 atom stereocenters. The minimum atomic E-state index is 0.0821. The molecule has 4 heteroatoms. The van der Waals surface area contributed by atoms with Gasteiger partial charge in [0, 0.05) is 6.42 Å². The quantitative estimate of drug-likeness (QED) is 0.788. The van der Waals surface area contributed by atoms with Crippen molar-refractivity contribution in [2.45, 2.75) is 38.2 Å². The monoisotopic (exact) mass is 239 g/mol. The summed E-state index contributed by atoms with van der Waals surface area (Å²) in [5, 5.41) is 3.29. The van der Waals surface area contributed by atoms with E-state index in [0.717, 1.165) is 38.8 Å². The van der Waals surface area contributed by atoms with Crippen LogP contribution in [0.25, 0.3) is 0 Å². The lowest BCUT2D eigenvalue weighted by molar-refractivity contribution is -0.120. The van der Waals surface area contributed by atoms with Gasteiger partial charge >= 0.3 is 0 Å². The Morgan fingerprint density at radius 2 is 2.29 bits per heavy atom. The number of piperidine rings is 1. The summed E-state index contributed by atoms with van der Waals surface area (Å²) in [5.41, 5.74) is 0. The number of carbonyl (C=O) groups is 1. The summed E-state index contributed by atoms with van der Waals surface area (Å²) < 4.78 is 11.0. The van der Waals surface area contributed by atoms with Crippen LogP contribution in [0.1, 0.15) is 32.1 Å². The third kappa shape index (κ3) is 4.13. The van der Waals surface area contributed by atoms with E-state index in [1.54, 1.807) is 0 Å². The Morgan fingerprint density at radius 1 is 1.47 bits per heavy atom. The van der Waals surface area contributed by atoms with Crippen LogP contribution in [0.5, 0.6) is 0 Å². The molecule has 2 heterocycles. The van der Waals surface area contributed by atoms with E-state index >= 15 is 0 Å². The number of carbonyl (C=O) groups excluding carboxylic acids is 1. The molecule has 0 saturated carbocycles. The zero-order valence-electron chi connectivity index (χ0n) is 10.2. The van der Waals surface area contributed by atoms with Gasteiger partial charge in [-0.2, -0.15) is 0 Å². The third-order valence-electron chi connectivity index (χ3n) is 3.18. The van der Waals surface area contributed by atoms with Gasteiger partial charge in [-0.25, -0.2) is 0 Å². The first-order valence-corrected chi connectivity index (χ1v) is 6.55. The summed E-state index contributed by atoms with van der Waals surface area (Å²) in [6.45, 7) is 3.23. The fourth-order valence-corrected chi connectivity index (χ4v) is 2.16. The summed E-state index contributed by atoms with van der Waals surface area (Å²) in [4.78, 5) is 11.8. The summed E-state index contributed by atoms with van der Waals surface area (Å²) >= 11 is 0. The Morgan fingerprint density at radius 3 is 3.00 bits per heavy atom. The first kappa shape index (κ1) is 12.6. The Bertz CT molecular complexity index is 282. The second-order valence-corrected chi connectivity index (χ2v) is 4.55. The molecule has 1 saturated heterocycles. The van der Waals surface area contributed by atoms with E-state index in [0.29, 0.717) is 31.5 Å². The molecule has 0 aromatic rings. The summed E-state index contributed by atoms with van der Waals surface area (Å²) in [5.74, 6) is 0.629. The molecule has 96 valence electrons. The molecule has 0 aromatic heterocycles. The van der Waals surface area contributed by atoms with Crippen LogP contribution in [-0.4, -0.2) is 38.2 Å². The van der Waals surface area contributed by atoms with Gasteiger partial charge in [0.2, 0.25) is 0 Å². The SMILES string of the molecule is O=C(CCOC1CCNCC1)C1=CCCCO1. The molecule has 1 fully saturated rings. The van der Waals surface area contributed by atoms with E-state index in [2.05, 4.69) is 5.32 Å². The lowest BCUT2D eigenvalue weighted by Gasteiger charge is -2.23. The lowest BCUT2D eigenvalue weighted by Crippen LogP contribution is -2.32. The van der Waals surface area contributed by atoms with E-state index < -0.39 is 0 Å². The van der Waals surface area contributed by atoms with Gasteiger partial charge in [0.25, 0.3) is 0 Å². The van der Waals surface area contributed by atoms with Crippen LogP contribution in [0.15, 0.2) is 11.8 Å². The number of ether oxygens (including phenoxy) is 2. The van der Waals surface area contributed by atoms with Crippen LogP contribution in [0.2, 0.25) is 0 Å². The van der Waals surface area contributed by atoms with Crippen molar-refractivity contribution in [3.63, 3.8) is 0 Å². The molecule has 1 N–H and O–H groups in total. The van der Waals surface area contributed by atoms with Crippen molar-refractivity contribution in [2.24, 2.45) is 0 Å². The number of hydrogen-bond donors (Lipinski definition) is 1. The number of ketones is 1. The van der Waals surface area contributed by atoms with Gasteiger partial charge in [0.15, 0.2) is 11.5 Å². The second-order valence-electron chi connectivity index (χ2n) is 4.55. The molecule has 2 aliphatic heterocycles. The maximum atomic E-state index is 11.8. The van der Waals surface area contributed by atoms with E-state index in [-0.39, 0.29) is 5.78 Å². The van der Waals surface area contributed by atoms with Crippen molar-refractivity contribution >= 4 is 5.78 Å². The number of rotatable bonds is 5. The van der Waals surface area contributed by atoms with Gasteiger partial charge in [-0.15, -0.1) is 0 Å². The molecular weight excluding hydrogens is 218 g/mol. The van der Waals surface area contributed by atoms with Gasteiger partial charge < -0.3 is 14.8 Å². The topological polar surface area (TPSA) is 47.6 Å². The van der Waals surface area contributed by atoms with Crippen molar-refractivity contribution < 1.29 is 14.3 Å². The molecule has 0 radical (unpaired) electrons. The number of hydrogen-bond acceptors (Lipinski definition) is 4. The number of allylic oxidation sites excluding steroid dienone is 2. The van der Waals surface area contributed by atoms with Crippen molar-refractivity contribution in [2.75, 3.05) is 26.3 Å². The average molecular weight is 239 g/mol. The zero-order chi connectivity index (χ0) is 11.9. The van der Waals surface area contributed by atoms with Crippen LogP contribution >= 0.6 is 0 Å². The standard InChI is InChI=1S/C13H21NO3/c15-12(13-3-1-2-9-17-13)6-10-16-11-4-7-14-8-5-11/h3,11,14H,1-2,4-10H2. The highest BCUT2D eigenvalue weighted by molar-refractivity contribution is 5.93. The van der Waals surface area contributed by atoms with Crippen LogP contribution in [0, 0.1) is 0 Å². The van der Waals surface area contributed by atoms with Crippen LogP contribution in [0.4, 0.5) is 0 Å². The van der Waals surface area contributed by atoms with Crippen molar-refractivity contribution in [3.05, 3.63) is 11.8 Å². The highest BCUT2D eigenvalue weighted by atomic mass is 16.5. The van der Waals surface area contributed by atoms with Gasteiger partial charge in [-0.1, -0.05) is 0 Å². The normalized spacial score (nSPS) is 21.8. The van der Waals surface area contributed by atoms with E-state index in [4.69, 9.17) is 9.47 Å². The zero-order valence-corrected chi connectivity index (χ0v) is 10.2. The Kier molecular flexibility index (Phi) is 5.01. The van der Waals surface area contributed by atoms with Gasteiger partial charge in [-0.05, 0) is 44.8 Å². The van der Waals surface area contributed by atoms with E-state index in [1.807, 2.05) is 6.08 Å². The molecule has 4 nitrogen and oxygen atoms in total. The van der Waals surface area contributed by atoms with Crippen LogP contribution < -0.4 is 5.32 Å². The number of Topliss-reactive ketones (excluding diaryl/α,β-unsaturated/α-hetero) is 1. The fraction of sp³-hybridized carbons (Fsp3) is 0.769. The lowest BCUT2D eigenvalue weighted by atomic mass is 10.1. The molecule has 0 bridgehead atoms. The predicted molar refractivity (Wildman–Crippen MR) is 64.7 cm³/mol. The van der Waals surface area contributed by atoms with Crippen molar-refractivity contribution in [1.29, 1.82) is 0 Å². The summed E-state index contributed by atoms with van der Waals surface area (Å²) in [6.07, 6.45) is 6.73. The molecule has 17 heavy (non-hydrogen) atoms. The fourth-order valence-electron chi connectivity index (χ4n) is 2.16. The van der Waals surface area contributed by atoms with Gasteiger partial charge in [0.1, 0.15) is 0 Å². The minimum absolute atomic E-state index is 0.0821. The second kappa shape index (κ2) is 6.77. The highest BCUT2D eigenvalue weighted by Crippen LogP contribution is 2.13. The Hall–Kier alpha value is -0.870. The molecule has 0 amide bonds. The molecule has 0 spiro atoms.